The van der Waals surface area contributed by atoms with Crippen molar-refractivity contribution in [2.24, 2.45) is 0 Å². The Morgan fingerprint density at radius 2 is 2.05 bits per heavy atom. The van der Waals surface area contributed by atoms with Crippen LogP contribution in [0.25, 0.3) is 0 Å². The van der Waals surface area contributed by atoms with Gasteiger partial charge in [0.25, 0.3) is 0 Å². The van der Waals surface area contributed by atoms with Gasteiger partial charge in [0.1, 0.15) is 11.8 Å². The van der Waals surface area contributed by atoms with Gasteiger partial charge in [-0.1, -0.05) is 0 Å². The number of amides is 1. The van der Waals surface area contributed by atoms with Crippen LogP contribution in [0.2, 0.25) is 0 Å². The van der Waals surface area contributed by atoms with Crippen LogP contribution in [-0.2, 0) is 9.59 Å². The fourth-order valence-electron chi connectivity index (χ4n) is 2.16. The van der Waals surface area contributed by atoms with Crippen molar-refractivity contribution in [3.05, 3.63) is 24.3 Å². The molecule has 0 saturated carbocycles. The normalized spacial score (nSPS) is 18.2. The minimum absolute atomic E-state index is 0.359. The van der Waals surface area contributed by atoms with Crippen LogP contribution in [0, 0.1) is 0 Å². The van der Waals surface area contributed by atoms with Gasteiger partial charge in [0, 0.05) is 26.3 Å². The topological polar surface area (TPSA) is 49.9 Å². The maximum Gasteiger partial charge on any atom is 0.334 e. The monoisotopic (exact) mass is 262 g/mol. The van der Waals surface area contributed by atoms with Crippen LogP contribution in [0.1, 0.15) is 12.8 Å². The summed E-state index contributed by atoms with van der Waals surface area (Å²) in [6.45, 7) is 0.628. The molecule has 0 spiro atoms. The highest BCUT2D eigenvalue weighted by atomic mass is 16.5. The Labute approximate surface area is 112 Å². The van der Waals surface area contributed by atoms with Gasteiger partial charge in [0.2, 0.25) is 6.41 Å². The average molecular weight is 262 g/mol. The number of carbonyl (C=O) groups is 2. The molecule has 1 saturated heterocycles. The van der Waals surface area contributed by atoms with Gasteiger partial charge in [-0.25, -0.2) is 4.79 Å². The lowest BCUT2D eigenvalue weighted by Gasteiger charge is -2.18. The van der Waals surface area contributed by atoms with Crippen molar-refractivity contribution < 1.29 is 14.3 Å². The zero-order valence-electron chi connectivity index (χ0n) is 11.2. The molecule has 5 nitrogen and oxygen atoms in total. The van der Waals surface area contributed by atoms with E-state index in [4.69, 9.17) is 4.74 Å². The first-order chi connectivity index (χ1) is 9.11. The quantitative estimate of drug-likeness (QED) is 0.466. The zero-order valence-corrected chi connectivity index (χ0v) is 11.2. The van der Waals surface area contributed by atoms with Gasteiger partial charge < -0.3 is 14.5 Å². The Kier molecular flexibility index (Phi) is 4.04. The summed E-state index contributed by atoms with van der Waals surface area (Å²) in [4.78, 5) is 26.2. The maximum atomic E-state index is 12.0. The van der Waals surface area contributed by atoms with Crippen LogP contribution in [-0.4, -0.2) is 44.0 Å². The fourth-order valence-corrected chi connectivity index (χ4v) is 2.16. The van der Waals surface area contributed by atoms with Gasteiger partial charge in [-0.15, -0.1) is 0 Å². The number of anilines is 1. The third-order valence-electron chi connectivity index (χ3n) is 3.27. The van der Waals surface area contributed by atoms with Crippen molar-refractivity contribution in [2.45, 2.75) is 18.9 Å². The molecule has 1 heterocycles. The Morgan fingerprint density at radius 3 is 2.63 bits per heavy atom. The molecule has 0 bridgehead atoms. The van der Waals surface area contributed by atoms with Crippen LogP contribution in [0.3, 0.4) is 0 Å². The molecule has 1 fully saturated rings. The smallest absolute Gasteiger partial charge is 0.334 e. The SMILES string of the molecule is CN(C)c1ccc(OC(=O)[C@@H]2CCCN2C=O)cc1. The first-order valence-electron chi connectivity index (χ1n) is 6.32. The first-order valence-corrected chi connectivity index (χ1v) is 6.32. The lowest BCUT2D eigenvalue weighted by atomic mass is 10.2. The first kappa shape index (κ1) is 13.4. The van der Waals surface area contributed by atoms with Crippen LogP contribution in [0.5, 0.6) is 5.75 Å². The highest BCUT2D eigenvalue weighted by Gasteiger charge is 2.31. The summed E-state index contributed by atoms with van der Waals surface area (Å²) in [6.07, 6.45) is 2.24. The Hall–Kier alpha value is -2.04. The van der Waals surface area contributed by atoms with Gasteiger partial charge in [0.05, 0.1) is 0 Å². The van der Waals surface area contributed by atoms with Gasteiger partial charge in [-0.3, -0.25) is 4.79 Å². The molecule has 1 atom stereocenters. The predicted molar refractivity (Wildman–Crippen MR) is 72.2 cm³/mol. The molecule has 0 aromatic heterocycles. The molecular formula is C14H18N2O3. The molecule has 0 unspecified atom stereocenters. The average Bonchev–Trinajstić information content (AvgIpc) is 2.87. The molecule has 2 rings (SSSR count). The third kappa shape index (κ3) is 3.05. The van der Waals surface area contributed by atoms with Crippen molar-refractivity contribution in [1.82, 2.24) is 4.90 Å². The van der Waals surface area contributed by atoms with E-state index in [-0.39, 0.29) is 5.97 Å². The fraction of sp³-hybridized carbons (Fsp3) is 0.429. The van der Waals surface area contributed by atoms with E-state index in [1.807, 2.05) is 31.1 Å². The molecule has 19 heavy (non-hydrogen) atoms. The summed E-state index contributed by atoms with van der Waals surface area (Å²) in [5.41, 5.74) is 1.04. The van der Waals surface area contributed by atoms with Crippen molar-refractivity contribution in [3.8, 4) is 5.75 Å². The van der Waals surface area contributed by atoms with E-state index in [1.165, 1.54) is 4.90 Å². The number of nitrogens with zero attached hydrogens (tertiary/aromatic N) is 2. The summed E-state index contributed by atoms with van der Waals surface area (Å²) in [5, 5.41) is 0. The molecular weight excluding hydrogens is 244 g/mol. The van der Waals surface area contributed by atoms with Crippen molar-refractivity contribution in [1.29, 1.82) is 0 Å². The van der Waals surface area contributed by atoms with Crippen molar-refractivity contribution >= 4 is 18.1 Å². The second kappa shape index (κ2) is 5.73. The summed E-state index contributed by atoms with van der Waals surface area (Å²) < 4.78 is 5.31. The molecule has 0 radical (unpaired) electrons. The van der Waals surface area contributed by atoms with E-state index in [0.717, 1.165) is 12.1 Å². The minimum Gasteiger partial charge on any atom is -0.425 e. The standard InChI is InChI=1S/C14H18N2O3/c1-15(2)11-5-7-12(8-6-11)19-14(18)13-4-3-9-16(13)10-17/h5-8,10,13H,3-4,9H2,1-2H3/t13-/m0/s1. The van der Waals surface area contributed by atoms with Gasteiger partial charge in [0.15, 0.2) is 0 Å². The Morgan fingerprint density at radius 1 is 1.37 bits per heavy atom. The summed E-state index contributed by atoms with van der Waals surface area (Å²) in [5.74, 6) is 0.149. The van der Waals surface area contributed by atoms with Crippen LogP contribution in [0.4, 0.5) is 5.69 Å². The number of likely N-dealkylation sites (tertiary alicyclic amines) is 1. The molecule has 1 aliphatic rings. The second-order valence-electron chi connectivity index (χ2n) is 4.81. The molecule has 102 valence electrons. The highest BCUT2D eigenvalue weighted by Crippen LogP contribution is 2.21. The van der Waals surface area contributed by atoms with Gasteiger partial charge in [-0.05, 0) is 37.1 Å². The maximum absolute atomic E-state index is 12.0. The summed E-state index contributed by atoms with van der Waals surface area (Å²) in [6, 6.07) is 6.84. The Balaban J connectivity index is 2.00. The Bertz CT molecular complexity index is 456. The number of hydrogen-bond acceptors (Lipinski definition) is 4. The van der Waals surface area contributed by atoms with E-state index < -0.39 is 6.04 Å². The zero-order chi connectivity index (χ0) is 13.8. The predicted octanol–water partition coefficient (Wildman–Crippen LogP) is 1.28. The summed E-state index contributed by atoms with van der Waals surface area (Å²) >= 11 is 0. The van der Waals surface area contributed by atoms with E-state index in [1.54, 1.807) is 12.1 Å². The molecule has 1 aromatic rings. The van der Waals surface area contributed by atoms with E-state index in [9.17, 15) is 9.59 Å². The van der Waals surface area contributed by atoms with Crippen molar-refractivity contribution in [3.63, 3.8) is 0 Å². The lowest BCUT2D eigenvalue weighted by Crippen LogP contribution is -2.37. The van der Waals surface area contributed by atoms with Crippen molar-refractivity contribution in [2.75, 3.05) is 25.5 Å². The number of benzene rings is 1. The molecule has 1 aliphatic heterocycles. The molecule has 1 amide bonds. The molecule has 0 aliphatic carbocycles. The van der Waals surface area contributed by atoms with Crippen LogP contribution in [0.15, 0.2) is 24.3 Å². The number of esters is 1. The lowest BCUT2D eigenvalue weighted by molar-refractivity contribution is -0.142. The largest absolute Gasteiger partial charge is 0.425 e. The minimum atomic E-state index is -0.439. The number of carbonyl (C=O) groups excluding carboxylic acids is 2. The van der Waals surface area contributed by atoms with Crippen LogP contribution < -0.4 is 9.64 Å². The van der Waals surface area contributed by atoms with Gasteiger partial charge in [-0.2, -0.15) is 0 Å². The summed E-state index contributed by atoms with van der Waals surface area (Å²) in [7, 11) is 3.89. The second-order valence-corrected chi connectivity index (χ2v) is 4.81. The number of ether oxygens (including phenoxy) is 1. The number of rotatable bonds is 4. The molecule has 0 N–H and O–H groups in total. The molecule has 1 aromatic carbocycles. The molecule has 5 heteroatoms. The third-order valence-corrected chi connectivity index (χ3v) is 3.27. The van der Waals surface area contributed by atoms with E-state index >= 15 is 0 Å². The van der Waals surface area contributed by atoms with Crippen LogP contribution >= 0.6 is 0 Å². The van der Waals surface area contributed by atoms with E-state index in [2.05, 4.69) is 0 Å². The van der Waals surface area contributed by atoms with E-state index in [0.29, 0.717) is 25.1 Å². The van der Waals surface area contributed by atoms with Gasteiger partial charge >= 0.3 is 5.97 Å². The number of hydrogen-bond donors (Lipinski definition) is 0. The highest BCUT2D eigenvalue weighted by molar-refractivity contribution is 5.81.